The van der Waals surface area contributed by atoms with Gasteiger partial charge in [-0.15, -0.1) is 0 Å². The van der Waals surface area contributed by atoms with E-state index in [1.54, 1.807) is 12.1 Å². The third kappa shape index (κ3) is 1.65. The lowest BCUT2D eigenvalue weighted by Gasteiger charge is -2.16. The summed E-state index contributed by atoms with van der Waals surface area (Å²) < 4.78 is 14.1. The molecule has 4 nitrogen and oxygen atoms in total. The Hall–Kier alpha value is -2.21. The zero-order valence-corrected chi connectivity index (χ0v) is 11.5. The molecule has 0 radical (unpaired) electrons. The molecule has 0 atom stereocenters. The van der Waals surface area contributed by atoms with Crippen molar-refractivity contribution >= 4 is 33.4 Å². The fraction of sp³-hybridized carbons (Fsp3) is 0. The smallest absolute Gasteiger partial charge is 0.266 e. The summed E-state index contributed by atoms with van der Waals surface area (Å²) in [5.74, 6) is -2.64. The Kier molecular flexibility index (Phi) is 2.83. The average molecular weight is 336 g/mol. The van der Waals surface area contributed by atoms with Crippen LogP contribution in [-0.4, -0.2) is 16.9 Å². The molecule has 0 aromatic heterocycles. The highest BCUT2D eigenvalue weighted by Crippen LogP contribution is 2.40. The van der Waals surface area contributed by atoms with Gasteiger partial charge in [0.15, 0.2) is 11.6 Å². The van der Waals surface area contributed by atoms with Gasteiger partial charge < -0.3 is 5.11 Å². The van der Waals surface area contributed by atoms with Crippen LogP contribution in [0.4, 0.5) is 10.1 Å². The van der Waals surface area contributed by atoms with Crippen molar-refractivity contribution in [1.29, 1.82) is 0 Å². The normalized spacial score (nSPS) is 13.8. The third-order valence-corrected chi connectivity index (χ3v) is 3.71. The standard InChI is InChI=1S/C14H7BrFNO3/c15-9-5-6-10(16)11(12(9)18)17-13(19)7-3-1-2-4-8(7)14(17)20/h1-6,18H. The first-order valence-electron chi connectivity index (χ1n) is 5.67. The number of hydrogen-bond acceptors (Lipinski definition) is 3. The van der Waals surface area contributed by atoms with Crippen LogP contribution >= 0.6 is 15.9 Å². The molecule has 0 saturated carbocycles. The zero-order valence-electron chi connectivity index (χ0n) is 9.93. The molecule has 0 fully saturated rings. The number of rotatable bonds is 1. The first-order valence-corrected chi connectivity index (χ1v) is 6.46. The highest BCUT2D eigenvalue weighted by Gasteiger charge is 2.39. The summed E-state index contributed by atoms with van der Waals surface area (Å²) in [6, 6.07) is 8.58. The van der Waals surface area contributed by atoms with Crippen molar-refractivity contribution in [2.75, 3.05) is 4.90 Å². The van der Waals surface area contributed by atoms with E-state index in [2.05, 4.69) is 15.9 Å². The number of hydrogen-bond donors (Lipinski definition) is 1. The van der Waals surface area contributed by atoms with Gasteiger partial charge in [0.05, 0.1) is 15.6 Å². The molecule has 0 spiro atoms. The summed E-state index contributed by atoms with van der Waals surface area (Å²) in [5.41, 5.74) is -0.0573. The number of phenolic OH excluding ortho intramolecular Hbond substituents is 1. The van der Waals surface area contributed by atoms with Crippen molar-refractivity contribution in [2.24, 2.45) is 0 Å². The molecule has 3 rings (SSSR count). The maximum absolute atomic E-state index is 13.9. The van der Waals surface area contributed by atoms with E-state index >= 15 is 0 Å². The predicted octanol–water partition coefficient (Wildman–Crippen LogP) is 3.09. The molecule has 100 valence electrons. The van der Waals surface area contributed by atoms with Gasteiger partial charge in [-0.2, -0.15) is 0 Å². The Bertz CT molecular complexity index is 725. The number of carbonyl (C=O) groups excluding carboxylic acids is 2. The highest BCUT2D eigenvalue weighted by molar-refractivity contribution is 9.10. The lowest BCUT2D eigenvalue weighted by molar-refractivity contribution is 0.0923. The van der Waals surface area contributed by atoms with Crippen LogP contribution in [0.25, 0.3) is 0 Å². The summed E-state index contributed by atoms with van der Waals surface area (Å²) in [4.78, 5) is 25.1. The van der Waals surface area contributed by atoms with Crippen LogP contribution in [0.1, 0.15) is 20.7 Å². The number of amides is 2. The van der Waals surface area contributed by atoms with Crippen LogP contribution in [0.3, 0.4) is 0 Å². The topological polar surface area (TPSA) is 57.6 Å². The van der Waals surface area contributed by atoms with E-state index in [4.69, 9.17) is 0 Å². The fourth-order valence-electron chi connectivity index (χ4n) is 2.14. The van der Waals surface area contributed by atoms with E-state index in [9.17, 15) is 19.1 Å². The number of anilines is 1. The minimum Gasteiger partial charge on any atom is -0.505 e. The number of carbonyl (C=O) groups is 2. The molecular formula is C14H7BrFNO3. The Morgan fingerprint density at radius 1 is 1.00 bits per heavy atom. The van der Waals surface area contributed by atoms with Crippen molar-refractivity contribution in [3.8, 4) is 5.75 Å². The number of aromatic hydroxyl groups is 1. The van der Waals surface area contributed by atoms with Crippen LogP contribution in [0.2, 0.25) is 0 Å². The molecule has 1 heterocycles. The first-order chi connectivity index (χ1) is 9.52. The van der Waals surface area contributed by atoms with E-state index in [0.717, 1.165) is 6.07 Å². The van der Waals surface area contributed by atoms with Gasteiger partial charge in [0.1, 0.15) is 5.69 Å². The van der Waals surface area contributed by atoms with E-state index in [1.165, 1.54) is 18.2 Å². The minimum atomic E-state index is -0.847. The number of nitrogens with zero attached hydrogens (tertiary/aromatic N) is 1. The van der Waals surface area contributed by atoms with E-state index in [-0.39, 0.29) is 15.6 Å². The maximum Gasteiger partial charge on any atom is 0.266 e. The molecule has 1 aliphatic rings. The predicted molar refractivity (Wildman–Crippen MR) is 73.3 cm³/mol. The number of benzene rings is 2. The largest absolute Gasteiger partial charge is 0.505 e. The van der Waals surface area contributed by atoms with Gasteiger partial charge in [-0.3, -0.25) is 9.59 Å². The summed E-state index contributed by atoms with van der Waals surface area (Å²) in [6.45, 7) is 0. The van der Waals surface area contributed by atoms with Gasteiger partial charge >= 0.3 is 0 Å². The van der Waals surface area contributed by atoms with Crippen molar-refractivity contribution < 1.29 is 19.1 Å². The van der Waals surface area contributed by atoms with Crippen LogP contribution < -0.4 is 4.90 Å². The second kappa shape index (κ2) is 4.42. The Labute approximate surface area is 121 Å². The molecule has 2 aromatic carbocycles. The van der Waals surface area contributed by atoms with Crippen LogP contribution in [-0.2, 0) is 0 Å². The van der Waals surface area contributed by atoms with E-state index in [0.29, 0.717) is 4.90 Å². The molecule has 6 heteroatoms. The van der Waals surface area contributed by atoms with Gasteiger partial charge in [-0.1, -0.05) is 12.1 Å². The molecular weight excluding hydrogens is 329 g/mol. The number of phenols is 1. The molecule has 2 aromatic rings. The summed E-state index contributed by atoms with van der Waals surface area (Å²) in [6.07, 6.45) is 0. The van der Waals surface area contributed by atoms with Gasteiger partial charge in [0, 0.05) is 0 Å². The Morgan fingerprint density at radius 2 is 1.55 bits per heavy atom. The summed E-state index contributed by atoms with van der Waals surface area (Å²) in [5, 5.41) is 9.92. The monoisotopic (exact) mass is 335 g/mol. The molecule has 0 aliphatic carbocycles. The van der Waals surface area contributed by atoms with Crippen molar-refractivity contribution in [3.05, 3.63) is 57.8 Å². The summed E-state index contributed by atoms with van der Waals surface area (Å²) in [7, 11) is 0. The van der Waals surface area contributed by atoms with Gasteiger partial charge in [-0.25, -0.2) is 9.29 Å². The SMILES string of the molecule is O=C1c2ccccc2C(=O)N1c1c(F)ccc(Br)c1O. The van der Waals surface area contributed by atoms with Crippen molar-refractivity contribution in [2.45, 2.75) is 0 Å². The Morgan fingerprint density at radius 3 is 2.10 bits per heavy atom. The van der Waals surface area contributed by atoms with Crippen LogP contribution in [0.5, 0.6) is 5.75 Å². The van der Waals surface area contributed by atoms with Crippen molar-refractivity contribution in [3.63, 3.8) is 0 Å². The van der Waals surface area contributed by atoms with Crippen LogP contribution in [0.15, 0.2) is 40.9 Å². The number of imide groups is 1. The summed E-state index contributed by atoms with van der Waals surface area (Å²) >= 11 is 3.04. The maximum atomic E-state index is 13.9. The number of fused-ring (bicyclic) bond motifs is 1. The second-order valence-corrected chi connectivity index (χ2v) is 5.07. The molecule has 2 amide bonds. The molecule has 0 unspecified atom stereocenters. The average Bonchev–Trinajstić information content (AvgIpc) is 2.69. The fourth-order valence-corrected chi connectivity index (χ4v) is 2.46. The first kappa shape index (κ1) is 12.8. The lowest BCUT2D eigenvalue weighted by atomic mass is 10.1. The van der Waals surface area contributed by atoms with Gasteiger partial charge in [-0.05, 0) is 40.2 Å². The second-order valence-electron chi connectivity index (χ2n) is 4.22. The Balaban J connectivity index is 2.22. The minimum absolute atomic E-state index is 0.191. The molecule has 1 aliphatic heterocycles. The lowest BCUT2D eigenvalue weighted by Crippen LogP contribution is -2.30. The number of halogens is 2. The van der Waals surface area contributed by atoms with Gasteiger partial charge in [0.25, 0.3) is 11.8 Å². The molecule has 0 bridgehead atoms. The van der Waals surface area contributed by atoms with Crippen LogP contribution in [0, 0.1) is 5.82 Å². The molecule has 20 heavy (non-hydrogen) atoms. The zero-order chi connectivity index (χ0) is 14.4. The molecule has 0 saturated heterocycles. The van der Waals surface area contributed by atoms with Crippen molar-refractivity contribution in [1.82, 2.24) is 0 Å². The highest BCUT2D eigenvalue weighted by atomic mass is 79.9. The van der Waals surface area contributed by atoms with E-state index < -0.39 is 29.1 Å². The third-order valence-electron chi connectivity index (χ3n) is 3.07. The van der Waals surface area contributed by atoms with E-state index in [1.807, 2.05) is 0 Å². The quantitative estimate of drug-likeness (QED) is 0.814. The van der Waals surface area contributed by atoms with Gasteiger partial charge in [0.2, 0.25) is 0 Å². The molecule has 1 N–H and O–H groups in total.